The molecular formula is C14H16N6O4S. The second kappa shape index (κ2) is 8.90. The highest BCUT2D eigenvalue weighted by Crippen LogP contribution is 2.29. The van der Waals surface area contributed by atoms with E-state index in [4.69, 9.17) is 5.53 Å². The molecule has 1 atom stereocenters. The average Bonchev–Trinajstić information content (AvgIpc) is 2.97. The number of amides is 1. The van der Waals surface area contributed by atoms with Gasteiger partial charge in [-0.25, -0.2) is 0 Å². The molecule has 1 aliphatic heterocycles. The number of nitrogens with one attached hydrogen (secondary N) is 2. The van der Waals surface area contributed by atoms with Crippen molar-refractivity contribution in [1.82, 2.24) is 5.32 Å². The summed E-state index contributed by atoms with van der Waals surface area (Å²) >= 11 is 1.22. The molecule has 1 aliphatic rings. The fraction of sp³-hybridized carbons (Fsp3) is 0.429. The topological polar surface area (TPSA) is 150 Å². The van der Waals surface area contributed by atoms with Gasteiger partial charge in [-0.3, -0.25) is 19.7 Å². The number of nitrogens with zero attached hydrogens (tertiary/aromatic N) is 4. The Kier molecular flexibility index (Phi) is 6.61. The average molecular weight is 364 g/mol. The van der Waals surface area contributed by atoms with Crippen molar-refractivity contribution in [2.24, 2.45) is 5.11 Å². The molecule has 1 saturated heterocycles. The van der Waals surface area contributed by atoms with Gasteiger partial charge in [0.2, 0.25) is 11.0 Å². The van der Waals surface area contributed by atoms with Crippen LogP contribution in [0.3, 0.4) is 0 Å². The summed E-state index contributed by atoms with van der Waals surface area (Å²) in [6.07, 6.45) is 1.32. The molecule has 0 saturated carbocycles. The maximum Gasteiger partial charge on any atom is 0.292 e. The van der Waals surface area contributed by atoms with Crippen LogP contribution in [-0.4, -0.2) is 34.3 Å². The zero-order valence-corrected chi connectivity index (χ0v) is 14.0. The van der Waals surface area contributed by atoms with Crippen LogP contribution in [0, 0.1) is 10.1 Å². The Bertz CT molecular complexity index is 734. The molecule has 132 valence electrons. The molecule has 11 heteroatoms. The fourth-order valence-electron chi connectivity index (χ4n) is 2.30. The highest BCUT2D eigenvalue weighted by atomic mass is 32.2. The summed E-state index contributed by atoms with van der Waals surface area (Å²) in [7, 11) is 0. The Morgan fingerprint density at radius 3 is 2.96 bits per heavy atom. The number of anilines is 1. The van der Waals surface area contributed by atoms with Crippen molar-refractivity contribution in [3.8, 4) is 0 Å². The summed E-state index contributed by atoms with van der Waals surface area (Å²) in [4.78, 5) is 36.3. The monoisotopic (exact) mass is 364 g/mol. The summed E-state index contributed by atoms with van der Waals surface area (Å²) in [5, 5.41) is 20.0. The van der Waals surface area contributed by atoms with Crippen LogP contribution < -0.4 is 10.6 Å². The number of hydrogen-bond acceptors (Lipinski definition) is 7. The van der Waals surface area contributed by atoms with Crippen LogP contribution in [0.5, 0.6) is 0 Å². The van der Waals surface area contributed by atoms with Crippen molar-refractivity contribution in [1.29, 1.82) is 0 Å². The minimum atomic E-state index is -0.575. The molecule has 1 aromatic rings. The van der Waals surface area contributed by atoms with Crippen molar-refractivity contribution >= 4 is 39.8 Å². The van der Waals surface area contributed by atoms with Crippen LogP contribution >= 0.6 is 11.8 Å². The minimum absolute atomic E-state index is 0.0118. The molecule has 2 rings (SSSR count). The van der Waals surface area contributed by atoms with Gasteiger partial charge in [-0.1, -0.05) is 22.9 Å². The van der Waals surface area contributed by atoms with Gasteiger partial charge in [0.1, 0.15) is 5.69 Å². The lowest BCUT2D eigenvalue weighted by atomic mass is 10.2. The number of nitro benzene ring substituents is 1. The van der Waals surface area contributed by atoms with Gasteiger partial charge in [0.15, 0.2) is 0 Å². The Morgan fingerprint density at radius 2 is 2.32 bits per heavy atom. The van der Waals surface area contributed by atoms with Crippen molar-refractivity contribution in [3.05, 3.63) is 38.8 Å². The van der Waals surface area contributed by atoms with Crippen LogP contribution in [0.25, 0.3) is 10.4 Å². The maximum absolute atomic E-state index is 11.8. The van der Waals surface area contributed by atoms with Crippen LogP contribution in [0.4, 0.5) is 17.1 Å². The van der Waals surface area contributed by atoms with Gasteiger partial charge in [-0.2, -0.15) is 0 Å². The predicted molar refractivity (Wildman–Crippen MR) is 93.6 cm³/mol. The van der Waals surface area contributed by atoms with Gasteiger partial charge < -0.3 is 10.6 Å². The molecule has 0 aromatic heterocycles. The first-order valence-electron chi connectivity index (χ1n) is 7.54. The lowest BCUT2D eigenvalue weighted by Gasteiger charge is -2.11. The van der Waals surface area contributed by atoms with Crippen LogP contribution in [0.1, 0.15) is 19.3 Å². The largest absolute Gasteiger partial charge is 0.379 e. The molecule has 0 bridgehead atoms. The second-order valence-electron chi connectivity index (χ2n) is 5.25. The third kappa shape index (κ3) is 5.37. The van der Waals surface area contributed by atoms with Crippen molar-refractivity contribution in [2.45, 2.75) is 25.3 Å². The zero-order valence-electron chi connectivity index (χ0n) is 13.2. The second-order valence-corrected chi connectivity index (χ2v) is 6.35. The van der Waals surface area contributed by atoms with Crippen LogP contribution in [-0.2, 0) is 9.59 Å². The van der Waals surface area contributed by atoms with E-state index in [0.717, 1.165) is 5.75 Å². The van der Waals surface area contributed by atoms with E-state index in [1.165, 1.54) is 30.0 Å². The summed E-state index contributed by atoms with van der Waals surface area (Å²) < 4.78 is 0. The molecule has 0 spiro atoms. The molecule has 1 amide bonds. The van der Waals surface area contributed by atoms with Crippen molar-refractivity contribution in [2.75, 3.05) is 17.6 Å². The standard InChI is InChI=1S/C14H16N6O4S/c15-19-18-9-3-4-10(12(8-9)20(23)24)16-6-1-2-13(21)17-11-5-7-25-14(11)22/h3-4,8,11,16H,1-2,5-7H2,(H,17,21). The van der Waals surface area contributed by atoms with E-state index in [-0.39, 0.29) is 34.5 Å². The molecule has 0 radical (unpaired) electrons. The molecule has 10 nitrogen and oxygen atoms in total. The first kappa shape index (κ1) is 18.6. The minimum Gasteiger partial charge on any atom is -0.379 e. The van der Waals surface area contributed by atoms with E-state index < -0.39 is 11.0 Å². The zero-order chi connectivity index (χ0) is 18.2. The van der Waals surface area contributed by atoms with Crippen LogP contribution in [0.15, 0.2) is 23.3 Å². The maximum atomic E-state index is 11.8. The third-order valence-electron chi connectivity index (χ3n) is 3.50. The summed E-state index contributed by atoms with van der Waals surface area (Å²) in [6, 6.07) is 3.69. The van der Waals surface area contributed by atoms with Crippen molar-refractivity contribution < 1.29 is 14.5 Å². The van der Waals surface area contributed by atoms with E-state index in [9.17, 15) is 19.7 Å². The quantitative estimate of drug-likeness (QED) is 0.181. The molecule has 1 fully saturated rings. The molecule has 25 heavy (non-hydrogen) atoms. The fourth-order valence-corrected chi connectivity index (χ4v) is 3.23. The molecule has 1 heterocycles. The number of carbonyl (C=O) groups excluding carboxylic acids is 2. The predicted octanol–water partition coefficient (Wildman–Crippen LogP) is 2.88. The number of hydrogen-bond donors (Lipinski definition) is 2. The number of benzene rings is 1. The highest BCUT2D eigenvalue weighted by Gasteiger charge is 2.26. The molecule has 1 aromatic carbocycles. The Morgan fingerprint density at radius 1 is 1.52 bits per heavy atom. The summed E-state index contributed by atoms with van der Waals surface area (Å²) in [5.41, 5.74) is 8.60. The lowest BCUT2D eigenvalue weighted by Crippen LogP contribution is -2.37. The Balaban J connectivity index is 1.82. The smallest absolute Gasteiger partial charge is 0.292 e. The molecular weight excluding hydrogens is 348 g/mol. The van der Waals surface area contributed by atoms with E-state index in [2.05, 4.69) is 20.7 Å². The van der Waals surface area contributed by atoms with E-state index in [0.29, 0.717) is 19.4 Å². The summed E-state index contributed by atoms with van der Waals surface area (Å²) in [6.45, 7) is 0.350. The Hall–Kier alpha value is -2.78. The first-order chi connectivity index (χ1) is 12.0. The van der Waals surface area contributed by atoms with Gasteiger partial charge in [0, 0.05) is 35.4 Å². The van der Waals surface area contributed by atoms with E-state index in [1.807, 2.05) is 0 Å². The van der Waals surface area contributed by atoms with Gasteiger partial charge in [0.05, 0.1) is 11.0 Å². The van der Waals surface area contributed by atoms with Gasteiger partial charge in [-0.15, -0.1) is 0 Å². The normalized spacial score (nSPS) is 16.2. The molecule has 0 aliphatic carbocycles. The molecule has 1 unspecified atom stereocenters. The van der Waals surface area contributed by atoms with E-state index >= 15 is 0 Å². The third-order valence-corrected chi connectivity index (χ3v) is 4.51. The SMILES string of the molecule is [N-]=[N+]=Nc1ccc(NCCCC(=O)NC2CCSC2=O)c([N+](=O)[O-])c1. The lowest BCUT2D eigenvalue weighted by molar-refractivity contribution is -0.383. The number of nitro groups is 1. The number of thioether (sulfide) groups is 1. The first-order valence-corrected chi connectivity index (χ1v) is 8.53. The van der Waals surface area contributed by atoms with Gasteiger partial charge in [0.25, 0.3) is 5.69 Å². The number of carbonyl (C=O) groups is 2. The number of azide groups is 1. The summed E-state index contributed by atoms with van der Waals surface area (Å²) in [5.74, 6) is 0.511. The van der Waals surface area contributed by atoms with E-state index in [1.54, 1.807) is 0 Å². The number of rotatable bonds is 8. The molecule has 2 N–H and O–H groups in total. The van der Waals surface area contributed by atoms with Gasteiger partial charge >= 0.3 is 0 Å². The Labute approximate surface area is 147 Å². The van der Waals surface area contributed by atoms with Crippen LogP contribution in [0.2, 0.25) is 0 Å². The van der Waals surface area contributed by atoms with Crippen molar-refractivity contribution in [3.63, 3.8) is 0 Å². The highest BCUT2D eigenvalue weighted by molar-refractivity contribution is 8.14. The van der Waals surface area contributed by atoms with Gasteiger partial charge in [-0.05, 0) is 24.4 Å².